The third-order valence-corrected chi connectivity index (χ3v) is 3.40. The molecule has 16 heavy (non-hydrogen) atoms. The molecule has 1 unspecified atom stereocenters. The van der Waals surface area contributed by atoms with Crippen LogP contribution in [0.1, 0.15) is 13.3 Å². The Morgan fingerprint density at radius 1 is 1.56 bits per heavy atom. The molecule has 2 aromatic heterocycles. The van der Waals surface area contributed by atoms with Gasteiger partial charge >= 0.3 is 0 Å². The molecule has 0 aliphatic rings. The first-order valence-corrected chi connectivity index (χ1v) is 6.10. The van der Waals surface area contributed by atoms with Crippen LogP contribution in [-0.2, 0) is 0 Å². The average Bonchev–Trinajstić information content (AvgIpc) is 2.65. The van der Waals surface area contributed by atoms with E-state index in [1.807, 2.05) is 6.92 Å². The van der Waals surface area contributed by atoms with E-state index in [1.165, 1.54) is 0 Å². The van der Waals surface area contributed by atoms with Gasteiger partial charge in [-0.05, 0) is 18.0 Å². The Kier molecular flexibility index (Phi) is 3.63. The first-order chi connectivity index (χ1) is 7.70. The van der Waals surface area contributed by atoms with Gasteiger partial charge < -0.3 is 10.1 Å². The van der Waals surface area contributed by atoms with Crippen molar-refractivity contribution in [1.82, 2.24) is 19.9 Å². The van der Waals surface area contributed by atoms with Gasteiger partial charge in [0.25, 0.3) is 0 Å². The van der Waals surface area contributed by atoms with Crippen molar-refractivity contribution in [3.63, 3.8) is 0 Å². The van der Waals surface area contributed by atoms with Crippen LogP contribution in [0, 0.1) is 0 Å². The number of fused-ring (bicyclic) bond motifs is 1. The Hall–Kier alpha value is -0.850. The molecule has 0 aromatic carbocycles. The van der Waals surface area contributed by atoms with Gasteiger partial charge in [0.05, 0.1) is 6.33 Å². The van der Waals surface area contributed by atoms with Crippen LogP contribution >= 0.6 is 23.4 Å². The van der Waals surface area contributed by atoms with Crippen molar-refractivity contribution in [2.45, 2.75) is 23.6 Å². The highest BCUT2D eigenvalue weighted by molar-refractivity contribution is 8.00. The van der Waals surface area contributed by atoms with Gasteiger partial charge in [-0.15, -0.1) is 11.8 Å². The number of hydrogen-bond donors (Lipinski definition) is 2. The van der Waals surface area contributed by atoms with Crippen LogP contribution in [0.15, 0.2) is 11.4 Å². The van der Waals surface area contributed by atoms with Gasteiger partial charge in [-0.3, -0.25) is 0 Å². The fourth-order valence-electron chi connectivity index (χ4n) is 1.30. The molecule has 0 spiro atoms. The van der Waals surface area contributed by atoms with Crippen molar-refractivity contribution < 1.29 is 5.11 Å². The first kappa shape index (κ1) is 11.6. The number of rotatable bonds is 4. The van der Waals surface area contributed by atoms with Crippen molar-refractivity contribution in [2.24, 2.45) is 0 Å². The number of aromatic nitrogens is 4. The summed E-state index contributed by atoms with van der Waals surface area (Å²) in [5.41, 5.74) is 1.36. The van der Waals surface area contributed by atoms with Crippen LogP contribution in [-0.4, -0.2) is 36.9 Å². The minimum Gasteiger partial charge on any atom is -0.396 e. The molecule has 0 fully saturated rings. The second kappa shape index (κ2) is 4.99. The second-order valence-corrected chi connectivity index (χ2v) is 5.10. The molecule has 0 amide bonds. The smallest absolute Gasteiger partial charge is 0.225 e. The summed E-state index contributed by atoms with van der Waals surface area (Å²) in [5, 5.41) is 10.1. The second-order valence-electron chi connectivity index (χ2n) is 3.34. The Bertz CT molecular complexity index is 489. The van der Waals surface area contributed by atoms with Gasteiger partial charge in [0, 0.05) is 11.9 Å². The average molecular weight is 259 g/mol. The largest absolute Gasteiger partial charge is 0.396 e. The molecule has 2 N–H and O–H groups in total. The molecule has 0 aliphatic heterocycles. The Balaban J connectivity index is 2.31. The highest BCUT2D eigenvalue weighted by Gasteiger charge is 2.12. The fraction of sp³-hybridized carbons (Fsp3) is 0.444. The van der Waals surface area contributed by atoms with Crippen LogP contribution in [0.25, 0.3) is 11.2 Å². The van der Waals surface area contributed by atoms with E-state index in [4.69, 9.17) is 16.7 Å². The molecule has 0 saturated heterocycles. The zero-order valence-corrected chi connectivity index (χ0v) is 10.2. The lowest BCUT2D eigenvalue weighted by atomic mass is 10.3. The number of hydrogen-bond acceptors (Lipinski definition) is 5. The van der Waals surface area contributed by atoms with Gasteiger partial charge in [0.15, 0.2) is 5.65 Å². The molecule has 2 heterocycles. The van der Waals surface area contributed by atoms with Gasteiger partial charge in [-0.1, -0.05) is 6.92 Å². The molecule has 86 valence electrons. The first-order valence-electron chi connectivity index (χ1n) is 4.85. The van der Waals surface area contributed by atoms with Gasteiger partial charge in [-0.2, -0.15) is 4.98 Å². The molecular weight excluding hydrogens is 248 g/mol. The lowest BCUT2D eigenvalue weighted by Gasteiger charge is -2.08. The van der Waals surface area contributed by atoms with Crippen molar-refractivity contribution >= 4 is 34.5 Å². The lowest BCUT2D eigenvalue weighted by Crippen LogP contribution is -2.00. The topological polar surface area (TPSA) is 74.7 Å². The number of thioether (sulfide) groups is 1. The van der Waals surface area contributed by atoms with Gasteiger partial charge in [0.2, 0.25) is 5.28 Å². The number of halogens is 1. The normalized spacial score (nSPS) is 13.2. The van der Waals surface area contributed by atoms with E-state index in [0.29, 0.717) is 12.1 Å². The summed E-state index contributed by atoms with van der Waals surface area (Å²) in [6, 6.07) is 0. The van der Waals surface area contributed by atoms with Crippen LogP contribution in [0.2, 0.25) is 5.28 Å². The monoisotopic (exact) mass is 258 g/mol. The van der Waals surface area contributed by atoms with E-state index in [1.54, 1.807) is 18.1 Å². The Morgan fingerprint density at radius 3 is 3.12 bits per heavy atom. The van der Waals surface area contributed by atoms with E-state index in [0.717, 1.165) is 10.5 Å². The molecule has 2 rings (SSSR count). The van der Waals surface area contributed by atoms with Gasteiger partial charge in [0.1, 0.15) is 10.5 Å². The highest BCUT2D eigenvalue weighted by atomic mass is 35.5. The zero-order chi connectivity index (χ0) is 11.5. The summed E-state index contributed by atoms with van der Waals surface area (Å²) in [6.07, 6.45) is 2.28. The summed E-state index contributed by atoms with van der Waals surface area (Å²) in [6.45, 7) is 2.19. The third-order valence-electron chi connectivity index (χ3n) is 2.07. The van der Waals surface area contributed by atoms with Crippen LogP contribution in [0.5, 0.6) is 0 Å². The number of aromatic amines is 1. The summed E-state index contributed by atoms with van der Waals surface area (Å²) in [7, 11) is 0. The summed E-state index contributed by atoms with van der Waals surface area (Å²) in [4.78, 5) is 15.2. The van der Waals surface area contributed by atoms with E-state index < -0.39 is 0 Å². The van der Waals surface area contributed by atoms with Crippen LogP contribution < -0.4 is 0 Å². The Labute approximate surface area is 102 Å². The number of nitrogens with zero attached hydrogens (tertiary/aromatic N) is 3. The number of imidazole rings is 1. The fourth-order valence-corrected chi connectivity index (χ4v) is 2.52. The lowest BCUT2D eigenvalue weighted by molar-refractivity contribution is 0.289. The maximum atomic E-state index is 8.85. The number of nitrogens with one attached hydrogen (secondary N) is 1. The zero-order valence-electron chi connectivity index (χ0n) is 8.64. The summed E-state index contributed by atoms with van der Waals surface area (Å²) >= 11 is 7.35. The Morgan fingerprint density at radius 2 is 2.38 bits per heavy atom. The van der Waals surface area contributed by atoms with Crippen molar-refractivity contribution in [2.75, 3.05) is 6.61 Å². The maximum Gasteiger partial charge on any atom is 0.225 e. The predicted molar refractivity (Wildman–Crippen MR) is 63.7 cm³/mol. The molecule has 7 heteroatoms. The van der Waals surface area contributed by atoms with E-state index in [2.05, 4.69) is 19.9 Å². The third kappa shape index (κ3) is 2.45. The summed E-state index contributed by atoms with van der Waals surface area (Å²) in [5.74, 6) is 0. The molecule has 1 atom stereocenters. The SMILES string of the molecule is CC(CCO)Sc1nc(Cl)nc2nc[nH]c12. The van der Waals surface area contributed by atoms with Crippen molar-refractivity contribution in [3.05, 3.63) is 11.6 Å². The summed E-state index contributed by atoms with van der Waals surface area (Å²) < 4.78 is 0. The number of aliphatic hydroxyl groups excluding tert-OH is 1. The minimum absolute atomic E-state index is 0.166. The quantitative estimate of drug-likeness (QED) is 0.498. The van der Waals surface area contributed by atoms with Gasteiger partial charge in [-0.25, -0.2) is 9.97 Å². The maximum absolute atomic E-state index is 8.85. The minimum atomic E-state index is 0.166. The molecule has 5 nitrogen and oxygen atoms in total. The van der Waals surface area contributed by atoms with E-state index in [9.17, 15) is 0 Å². The molecular formula is C9H11ClN4OS. The van der Waals surface area contributed by atoms with Crippen LogP contribution in [0.3, 0.4) is 0 Å². The number of H-pyrrole nitrogens is 1. The van der Waals surface area contributed by atoms with E-state index in [-0.39, 0.29) is 17.1 Å². The molecule has 0 aliphatic carbocycles. The van der Waals surface area contributed by atoms with E-state index >= 15 is 0 Å². The molecule has 0 saturated carbocycles. The molecule has 2 aromatic rings. The predicted octanol–water partition coefficient (Wildman–Crippen LogP) is 1.87. The highest BCUT2D eigenvalue weighted by Crippen LogP contribution is 2.28. The number of aliphatic hydroxyl groups is 1. The molecule has 0 bridgehead atoms. The van der Waals surface area contributed by atoms with Crippen molar-refractivity contribution in [1.29, 1.82) is 0 Å². The molecule has 0 radical (unpaired) electrons. The van der Waals surface area contributed by atoms with Crippen molar-refractivity contribution in [3.8, 4) is 0 Å². The standard InChI is InChI=1S/C9H11ClN4OS/c1-5(2-3-15)16-8-6-7(12-4-11-6)13-9(10)14-8/h4-5,15H,2-3H2,1H3,(H,11,12,13,14). The van der Waals surface area contributed by atoms with Crippen LogP contribution in [0.4, 0.5) is 0 Å².